The summed E-state index contributed by atoms with van der Waals surface area (Å²) in [7, 11) is 0. The first-order valence-electron chi connectivity index (χ1n) is 7.32. The van der Waals surface area contributed by atoms with Crippen LogP contribution in [0, 0.1) is 0 Å². The van der Waals surface area contributed by atoms with Gasteiger partial charge in [0.1, 0.15) is 6.61 Å². The van der Waals surface area contributed by atoms with Gasteiger partial charge in [0.15, 0.2) is 11.5 Å². The van der Waals surface area contributed by atoms with Gasteiger partial charge in [-0.3, -0.25) is 9.69 Å². The van der Waals surface area contributed by atoms with Crippen LogP contribution < -0.4 is 14.8 Å². The summed E-state index contributed by atoms with van der Waals surface area (Å²) in [5.41, 5.74) is 0.995. The molecule has 0 spiro atoms. The molecule has 0 aromatic heterocycles. The summed E-state index contributed by atoms with van der Waals surface area (Å²) in [6.07, 6.45) is 1.66. The quantitative estimate of drug-likeness (QED) is 0.782. The molecule has 0 unspecified atom stereocenters. The fraction of sp³-hybridized carbons (Fsp3) is 0.438. The SMILES string of the molecule is C=CCOc1c(Cl)cc(CN2CCNC(=O)C2)cc1OCC. The fourth-order valence-electron chi connectivity index (χ4n) is 2.34. The Bertz CT molecular complexity index is 548. The Balaban J connectivity index is 2.17. The summed E-state index contributed by atoms with van der Waals surface area (Å²) in [6, 6.07) is 3.77. The minimum atomic E-state index is 0.0494. The highest BCUT2D eigenvalue weighted by Crippen LogP contribution is 2.37. The number of ether oxygens (including phenoxy) is 2. The molecule has 0 atom stereocenters. The standard InChI is InChI=1S/C16H21ClN2O3/c1-3-7-22-16-13(17)8-12(9-14(16)21-4-2)10-19-6-5-18-15(20)11-19/h3,8-9H,1,4-7,10-11H2,2H3,(H,18,20). The fourth-order valence-corrected chi connectivity index (χ4v) is 2.63. The summed E-state index contributed by atoms with van der Waals surface area (Å²) < 4.78 is 11.2. The number of nitrogens with zero attached hydrogens (tertiary/aromatic N) is 1. The highest BCUT2D eigenvalue weighted by Gasteiger charge is 2.18. The molecule has 1 aliphatic rings. The number of rotatable bonds is 7. The molecule has 1 heterocycles. The average Bonchev–Trinajstić information content (AvgIpc) is 2.47. The second-order valence-corrected chi connectivity index (χ2v) is 5.41. The van der Waals surface area contributed by atoms with Gasteiger partial charge >= 0.3 is 0 Å². The highest BCUT2D eigenvalue weighted by molar-refractivity contribution is 6.32. The summed E-state index contributed by atoms with van der Waals surface area (Å²) >= 11 is 6.32. The maximum Gasteiger partial charge on any atom is 0.234 e. The number of hydrogen-bond donors (Lipinski definition) is 1. The number of hydrogen-bond acceptors (Lipinski definition) is 4. The Morgan fingerprint density at radius 2 is 2.27 bits per heavy atom. The Morgan fingerprint density at radius 1 is 1.45 bits per heavy atom. The minimum absolute atomic E-state index is 0.0494. The van der Waals surface area contributed by atoms with Crippen molar-refractivity contribution in [1.29, 1.82) is 0 Å². The van der Waals surface area contributed by atoms with Crippen LogP contribution in [0.25, 0.3) is 0 Å². The number of halogens is 1. The lowest BCUT2D eigenvalue weighted by atomic mass is 10.1. The van der Waals surface area contributed by atoms with Gasteiger partial charge in [-0.1, -0.05) is 24.3 Å². The van der Waals surface area contributed by atoms with Crippen LogP contribution >= 0.6 is 11.6 Å². The molecular weight excluding hydrogens is 304 g/mol. The first kappa shape index (κ1) is 16.6. The zero-order valence-corrected chi connectivity index (χ0v) is 13.5. The van der Waals surface area contributed by atoms with E-state index >= 15 is 0 Å². The summed E-state index contributed by atoms with van der Waals surface area (Å²) in [6.45, 7) is 8.97. The van der Waals surface area contributed by atoms with Crippen molar-refractivity contribution in [2.45, 2.75) is 13.5 Å². The molecule has 6 heteroatoms. The van der Waals surface area contributed by atoms with Crippen molar-refractivity contribution < 1.29 is 14.3 Å². The van der Waals surface area contributed by atoms with Crippen LogP contribution in [0.4, 0.5) is 0 Å². The highest BCUT2D eigenvalue weighted by atomic mass is 35.5. The van der Waals surface area contributed by atoms with Crippen LogP contribution in [0.5, 0.6) is 11.5 Å². The van der Waals surface area contributed by atoms with Gasteiger partial charge in [0.25, 0.3) is 0 Å². The van der Waals surface area contributed by atoms with Crippen molar-refractivity contribution >= 4 is 17.5 Å². The molecule has 0 aliphatic carbocycles. The van der Waals surface area contributed by atoms with Gasteiger partial charge in [-0.25, -0.2) is 0 Å². The number of piperazine rings is 1. The summed E-state index contributed by atoms with van der Waals surface area (Å²) in [5, 5.41) is 3.32. The Kier molecular flexibility index (Phi) is 6.10. The lowest BCUT2D eigenvalue weighted by molar-refractivity contribution is -0.124. The van der Waals surface area contributed by atoms with Crippen molar-refractivity contribution in [2.24, 2.45) is 0 Å². The summed E-state index contributed by atoms with van der Waals surface area (Å²) in [5.74, 6) is 1.20. The van der Waals surface area contributed by atoms with E-state index in [-0.39, 0.29) is 5.91 Å². The van der Waals surface area contributed by atoms with Gasteiger partial charge in [-0.2, -0.15) is 0 Å². The van der Waals surface area contributed by atoms with E-state index in [1.54, 1.807) is 6.08 Å². The molecule has 1 aromatic rings. The van der Waals surface area contributed by atoms with E-state index < -0.39 is 0 Å². The number of carbonyl (C=O) groups is 1. The average molecular weight is 325 g/mol. The van der Waals surface area contributed by atoms with Crippen molar-refractivity contribution in [3.63, 3.8) is 0 Å². The van der Waals surface area contributed by atoms with E-state index in [1.807, 2.05) is 19.1 Å². The Labute approximate surface area is 135 Å². The Hall–Kier alpha value is -1.72. The second kappa shape index (κ2) is 8.06. The van der Waals surface area contributed by atoms with Gasteiger partial charge in [0, 0.05) is 19.6 Å². The third kappa shape index (κ3) is 4.39. The van der Waals surface area contributed by atoms with Crippen LogP contribution in [0.2, 0.25) is 5.02 Å². The normalized spacial score (nSPS) is 15.3. The van der Waals surface area contributed by atoms with Crippen LogP contribution in [-0.4, -0.2) is 43.7 Å². The molecule has 1 amide bonds. The van der Waals surface area contributed by atoms with E-state index in [2.05, 4.69) is 16.8 Å². The third-order valence-electron chi connectivity index (χ3n) is 3.24. The van der Waals surface area contributed by atoms with Crippen molar-refractivity contribution in [3.05, 3.63) is 35.4 Å². The molecule has 120 valence electrons. The minimum Gasteiger partial charge on any atom is -0.490 e. The van der Waals surface area contributed by atoms with Crippen molar-refractivity contribution in [1.82, 2.24) is 10.2 Å². The third-order valence-corrected chi connectivity index (χ3v) is 3.52. The molecule has 0 radical (unpaired) electrons. The maximum atomic E-state index is 11.4. The molecule has 0 bridgehead atoms. The first-order chi connectivity index (χ1) is 10.6. The van der Waals surface area contributed by atoms with Crippen LogP contribution in [0.3, 0.4) is 0 Å². The predicted molar refractivity (Wildman–Crippen MR) is 86.6 cm³/mol. The predicted octanol–water partition coefficient (Wildman–Crippen LogP) is 2.24. The van der Waals surface area contributed by atoms with Crippen molar-refractivity contribution in [3.8, 4) is 11.5 Å². The summed E-state index contributed by atoms with van der Waals surface area (Å²) in [4.78, 5) is 13.5. The zero-order valence-electron chi connectivity index (χ0n) is 12.7. The van der Waals surface area contributed by atoms with E-state index in [0.717, 1.165) is 12.1 Å². The Morgan fingerprint density at radius 3 is 2.95 bits per heavy atom. The molecule has 1 fully saturated rings. The molecule has 2 rings (SSSR count). The number of nitrogens with one attached hydrogen (secondary N) is 1. The number of benzene rings is 1. The molecule has 0 saturated carbocycles. The number of amides is 1. The lowest BCUT2D eigenvalue weighted by Crippen LogP contribution is -2.47. The molecule has 1 aromatic carbocycles. The van der Waals surface area contributed by atoms with E-state index in [9.17, 15) is 4.79 Å². The van der Waals surface area contributed by atoms with Crippen LogP contribution in [-0.2, 0) is 11.3 Å². The zero-order chi connectivity index (χ0) is 15.9. The molecule has 1 aliphatic heterocycles. The van der Waals surface area contributed by atoms with Gasteiger partial charge in [-0.05, 0) is 24.6 Å². The molecular formula is C16H21ClN2O3. The van der Waals surface area contributed by atoms with E-state index in [0.29, 0.717) is 49.4 Å². The van der Waals surface area contributed by atoms with Gasteiger partial charge in [0.2, 0.25) is 5.91 Å². The van der Waals surface area contributed by atoms with E-state index in [1.165, 1.54) is 0 Å². The topological polar surface area (TPSA) is 50.8 Å². The lowest BCUT2D eigenvalue weighted by Gasteiger charge is -2.26. The monoisotopic (exact) mass is 324 g/mol. The first-order valence-corrected chi connectivity index (χ1v) is 7.69. The van der Waals surface area contributed by atoms with Gasteiger partial charge < -0.3 is 14.8 Å². The van der Waals surface area contributed by atoms with Gasteiger partial charge in [0.05, 0.1) is 18.2 Å². The van der Waals surface area contributed by atoms with Crippen molar-refractivity contribution in [2.75, 3.05) is 32.8 Å². The molecule has 1 N–H and O–H groups in total. The molecule has 22 heavy (non-hydrogen) atoms. The molecule has 1 saturated heterocycles. The second-order valence-electron chi connectivity index (χ2n) is 5.00. The largest absolute Gasteiger partial charge is 0.490 e. The van der Waals surface area contributed by atoms with Gasteiger partial charge in [-0.15, -0.1) is 0 Å². The van der Waals surface area contributed by atoms with Crippen LogP contribution in [0.15, 0.2) is 24.8 Å². The maximum absolute atomic E-state index is 11.4. The van der Waals surface area contributed by atoms with E-state index in [4.69, 9.17) is 21.1 Å². The smallest absolute Gasteiger partial charge is 0.234 e. The molecule has 5 nitrogen and oxygen atoms in total. The van der Waals surface area contributed by atoms with Crippen LogP contribution in [0.1, 0.15) is 12.5 Å². The number of carbonyl (C=O) groups excluding carboxylic acids is 1.